The summed E-state index contributed by atoms with van der Waals surface area (Å²) in [5.74, 6) is -0.144. The number of aliphatic hydroxyl groups excluding tert-OH is 1. The van der Waals surface area contributed by atoms with Gasteiger partial charge in [0.05, 0.1) is 22.0 Å². The van der Waals surface area contributed by atoms with Crippen molar-refractivity contribution in [3.63, 3.8) is 0 Å². The van der Waals surface area contributed by atoms with Crippen molar-refractivity contribution < 1.29 is 28.3 Å². The van der Waals surface area contributed by atoms with Crippen LogP contribution in [0.2, 0.25) is 5.02 Å². The average molecular weight is 500 g/mol. The molecule has 180 valence electrons. The van der Waals surface area contributed by atoms with E-state index in [1.165, 1.54) is 0 Å². The van der Waals surface area contributed by atoms with Gasteiger partial charge in [0.1, 0.15) is 5.02 Å². The normalized spacial score (nSPS) is 13.6. The molecule has 0 saturated carbocycles. The number of halogens is 1. The molecular weight excluding hydrogens is 474 g/mol. The Balaban J connectivity index is 2.37. The van der Waals surface area contributed by atoms with Crippen LogP contribution < -0.4 is 5.32 Å². The van der Waals surface area contributed by atoms with Crippen molar-refractivity contribution in [2.75, 3.05) is 13.1 Å². The molecule has 0 radical (unpaired) electrons. The van der Waals surface area contributed by atoms with Crippen molar-refractivity contribution in [1.29, 1.82) is 0 Å². The van der Waals surface area contributed by atoms with E-state index in [1.807, 2.05) is 0 Å². The molecule has 3 N–H and O–H groups in total. The molecule has 0 bridgehead atoms. The van der Waals surface area contributed by atoms with Crippen LogP contribution in [0.1, 0.15) is 19.4 Å². The van der Waals surface area contributed by atoms with Gasteiger partial charge < -0.3 is 15.5 Å². The number of amides is 1. The summed E-state index contributed by atoms with van der Waals surface area (Å²) in [4.78, 5) is 21.4. The Morgan fingerprint density at radius 2 is 1.82 bits per heavy atom. The number of carboxylic acid groups (broad SMARTS) is 1. The second-order valence-electron chi connectivity index (χ2n) is 7.90. The number of aliphatic hydroxyl groups is 1. The largest absolute Gasteiger partial charge is 0.465 e. The Bertz CT molecular complexity index is 1080. The van der Waals surface area contributed by atoms with Gasteiger partial charge in [-0.15, -0.1) is 0 Å². The maximum absolute atomic E-state index is 13.3. The highest BCUT2D eigenvalue weighted by atomic mass is 35.5. The maximum Gasteiger partial charge on any atom is 0.404 e. The molecule has 10 nitrogen and oxygen atoms in total. The lowest BCUT2D eigenvalue weighted by Crippen LogP contribution is -2.50. The molecule has 2 aromatic rings. The third kappa shape index (κ3) is 7.39. The molecule has 0 spiro atoms. The van der Waals surface area contributed by atoms with Gasteiger partial charge in [-0.2, -0.15) is 4.31 Å². The van der Waals surface area contributed by atoms with Crippen LogP contribution in [-0.4, -0.2) is 59.2 Å². The van der Waals surface area contributed by atoms with Crippen LogP contribution in [-0.2, 0) is 16.4 Å². The monoisotopic (exact) mass is 499 g/mol. The number of carbonyl (C=O) groups is 1. The molecule has 0 aromatic heterocycles. The van der Waals surface area contributed by atoms with Crippen LogP contribution in [0.5, 0.6) is 0 Å². The first kappa shape index (κ1) is 26.5. The molecule has 1 amide bonds. The highest BCUT2D eigenvalue weighted by molar-refractivity contribution is 7.89. The van der Waals surface area contributed by atoms with Gasteiger partial charge >= 0.3 is 6.09 Å². The molecule has 0 aliphatic carbocycles. The van der Waals surface area contributed by atoms with Gasteiger partial charge in [-0.25, -0.2) is 13.2 Å². The van der Waals surface area contributed by atoms with E-state index in [9.17, 15) is 33.5 Å². The lowest BCUT2D eigenvalue weighted by atomic mass is 10.0. The third-order valence-corrected chi connectivity index (χ3v) is 6.93. The summed E-state index contributed by atoms with van der Waals surface area (Å²) >= 11 is 5.80. The zero-order valence-electron chi connectivity index (χ0n) is 18.1. The number of hydrogen-bond acceptors (Lipinski definition) is 6. The smallest absolute Gasteiger partial charge is 0.404 e. The Labute approximate surface area is 197 Å². The summed E-state index contributed by atoms with van der Waals surface area (Å²) in [6, 6.07) is 11.0. The van der Waals surface area contributed by atoms with Crippen LogP contribution in [0.15, 0.2) is 53.4 Å². The van der Waals surface area contributed by atoms with Crippen LogP contribution in [0.25, 0.3) is 0 Å². The van der Waals surface area contributed by atoms with Crippen LogP contribution in [0.3, 0.4) is 0 Å². The van der Waals surface area contributed by atoms with E-state index >= 15 is 0 Å². The molecule has 0 heterocycles. The molecule has 2 aromatic carbocycles. The summed E-state index contributed by atoms with van der Waals surface area (Å²) in [6.07, 6.45) is -2.62. The molecule has 12 heteroatoms. The third-order valence-electron chi connectivity index (χ3n) is 4.78. The fourth-order valence-corrected chi connectivity index (χ4v) is 5.09. The van der Waals surface area contributed by atoms with E-state index in [2.05, 4.69) is 5.32 Å². The fourth-order valence-electron chi connectivity index (χ4n) is 3.27. The van der Waals surface area contributed by atoms with Gasteiger partial charge in [-0.3, -0.25) is 10.1 Å². The van der Waals surface area contributed by atoms with Crippen LogP contribution >= 0.6 is 11.6 Å². The first-order valence-electron chi connectivity index (χ1n) is 10.1. The molecular formula is C21H26ClN3O7S. The molecule has 0 aliphatic heterocycles. The number of nitrogens with one attached hydrogen (secondary N) is 1. The minimum atomic E-state index is -4.26. The fraction of sp³-hybridized carbons (Fsp3) is 0.381. The number of rotatable bonds is 11. The average Bonchev–Trinajstić information content (AvgIpc) is 2.72. The summed E-state index contributed by atoms with van der Waals surface area (Å²) in [7, 11) is -4.26. The molecule has 0 saturated heterocycles. The molecule has 2 rings (SSSR count). The van der Waals surface area contributed by atoms with E-state index in [0.717, 1.165) is 28.1 Å². The quantitative estimate of drug-likeness (QED) is 0.317. The predicted molar refractivity (Wildman–Crippen MR) is 123 cm³/mol. The summed E-state index contributed by atoms with van der Waals surface area (Å²) in [5, 5.41) is 33.3. The second kappa shape index (κ2) is 11.4. The summed E-state index contributed by atoms with van der Waals surface area (Å²) < 4.78 is 27.6. The Morgan fingerprint density at radius 1 is 1.18 bits per heavy atom. The number of hydrogen-bond donors (Lipinski definition) is 3. The highest BCUT2D eigenvalue weighted by Crippen LogP contribution is 2.29. The van der Waals surface area contributed by atoms with E-state index < -0.39 is 45.4 Å². The van der Waals surface area contributed by atoms with E-state index in [-0.39, 0.29) is 28.8 Å². The first-order chi connectivity index (χ1) is 15.4. The minimum absolute atomic E-state index is 0.000938. The maximum atomic E-state index is 13.3. The Hall–Kier alpha value is -2.73. The number of benzene rings is 2. The van der Waals surface area contributed by atoms with Crippen molar-refractivity contribution in [1.82, 2.24) is 9.62 Å². The predicted octanol–water partition coefficient (Wildman–Crippen LogP) is 3.13. The van der Waals surface area contributed by atoms with Gasteiger partial charge in [0.2, 0.25) is 10.0 Å². The number of sulfonamides is 1. The van der Waals surface area contributed by atoms with Gasteiger partial charge in [-0.1, -0.05) is 55.8 Å². The van der Waals surface area contributed by atoms with E-state index in [4.69, 9.17) is 11.6 Å². The van der Waals surface area contributed by atoms with E-state index in [1.54, 1.807) is 44.2 Å². The van der Waals surface area contributed by atoms with Gasteiger partial charge in [0.15, 0.2) is 0 Å². The molecule has 2 atom stereocenters. The van der Waals surface area contributed by atoms with Crippen LogP contribution in [0, 0.1) is 16.0 Å². The zero-order chi connectivity index (χ0) is 24.8. The van der Waals surface area contributed by atoms with E-state index in [0.29, 0.717) is 0 Å². The first-order valence-corrected chi connectivity index (χ1v) is 11.9. The summed E-state index contributed by atoms with van der Waals surface area (Å²) in [5.41, 5.74) is 0.194. The Kier molecular flexibility index (Phi) is 9.17. The molecule has 0 aliphatic rings. The SMILES string of the molecule is CC(C)CN(C[C@H](O)[C@H](Cc1ccccc1)NC(=O)O)S(=O)(=O)c1ccc(Cl)c([N+](=O)[O-])c1. The Morgan fingerprint density at radius 3 is 2.36 bits per heavy atom. The van der Waals surface area contributed by atoms with Crippen molar-refractivity contribution >= 4 is 33.4 Å². The lowest BCUT2D eigenvalue weighted by Gasteiger charge is -2.30. The van der Waals surface area contributed by atoms with Crippen molar-refractivity contribution in [2.24, 2.45) is 5.92 Å². The summed E-state index contributed by atoms with van der Waals surface area (Å²) in [6.45, 7) is 3.13. The lowest BCUT2D eigenvalue weighted by molar-refractivity contribution is -0.384. The molecule has 33 heavy (non-hydrogen) atoms. The zero-order valence-corrected chi connectivity index (χ0v) is 19.7. The number of nitro benzene ring substituents is 1. The van der Waals surface area contributed by atoms with Crippen molar-refractivity contribution in [3.8, 4) is 0 Å². The standard InChI is InChI=1S/C21H26ClN3O7S/c1-14(2)12-24(33(31,32)16-8-9-17(22)19(11-16)25(29)30)13-20(26)18(23-21(27)28)10-15-6-4-3-5-7-15/h3-9,11,14,18,20,23,26H,10,12-13H2,1-2H3,(H,27,28)/t18-,20-/m0/s1. The van der Waals surface area contributed by atoms with Crippen LogP contribution in [0.4, 0.5) is 10.5 Å². The minimum Gasteiger partial charge on any atom is -0.465 e. The molecule has 0 fully saturated rings. The second-order valence-corrected chi connectivity index (χ2v) is 10.2. The highest BCUT2D eigenvalue weighted by Gasteiger charge is 2.32. The van der Waals surface area contributed by atoms with Crippen molar-refractivity contribution in [3.05, 3.63) is 69.2 Å². The van der Waals surface area contributed by atoms with Crippen molar-refractivity contribution in [2.45, 2.75) is 37.3 Å². The topological polar surface area (TPSA) is 150 Å². The number of nitro groups is 1. The van der Waals surface area contributed by atoms with Gasteiger partial charge in [-0.05, 0) is 30.0 Å². The van der Waals surface area contributed by atoms with Gasteiger partial charge in [0.25, 0.3) is 5.69 Å². The molecule has 0 unspecified atom stereocenters. The number of nitrogens with zero attached hydrogens (tertiary/aromatic N) is 2. The van der Waals surface area contributed by atoms with Gasteiger partial charge in [0, 0.05) is 19.2 Å².